The van der Waals surface area contributed by atoms with E-state index in [-0.39, 0.29) is 18.2 Å². The molecular weight excluding hydrogens is 298 g/mol. The van der Waals surface area contributed by atoms with Gasteiger partial charge in [-0.05, 0) is 25.0 Å². The summed E-state index contributed by atoms with van der Waals surface area (Å²) in [6, 6.07) is 6.22. The Kier molecular flexibility index (Phi) is 4.95. The summed E-state index contributed by atoms with van der Waals surface area (Å²) in [5.74, 6) is -1.47. The van der Waals surface area contributed by atoms with Crippen LogP contribution < -0.4 is 22.2 Å². The van der Waals surface area contributed by atoms with Crippen LogP contribution in [0.3, 0.4) is 0 Å². The number of anilines is 1. The third-order valence-corrected chi connectivity index (χ3v) is 3.81. The molecule has 1 aromatic carbocycles. The van der Waals surface area contributed by atoms with Gasteiger partial charge >= 0.3 is 5.91 Å². The fourth-order valence-corrected chi connectivity index (χ4v) is 2.64. The van der Waals surface area contributed by atoms with Crippen LogP contribution in [0.25, 0.3) is 0 Å². The van der Waals surface area contributed by atoms with E-state index in [9.17, 15) is 14.4 Å². The summed E-state index contributed by atoms with van der Waals surface area (Å²) in [7, 11) is 0. The number of hydrogen-bond donors (Lipinski definition) is 4. The molecule has 8 nitrogen and oxygen atoms in total. The average molecular weight is 318 g/mol. The molecule has 1 aliphatic heterocycles. The molecule has 0 aliphatic carbocycles. The Morgan fingerprint density at radius 1 is 1.26 bits per heavy atom. The van der Waals surface area contributed by atoms with Gasteiger partial charge in [0.05, 0.1) is 12.1 Å². The number of rotatable bonds is 6. The molecule has 0 saturated carbocycles. The van der Waals surface area contributed by atoms with Crippen LogP contribution in [0.2, 0.25) is 0 Å². The van der Waals surface area contributed by atoms with E-state index in [1.54, 1.807) is 24.3 Å². The summed E-state index contributed by atoms with van der Waals surface area (Å²) in [6.45, 7) is 0.470. The highest BCUT2D eigenvalue weighted by molar-refractivity contribution is 6.43. The van der Waals surface area contributed by atoms with Gasteiger partial charge in [0.2, 0.25) is 11.8 Å². The van der Waals surface area contributed by atoms with Gasteiger partial charge in [-0.1, -0.05) is 12.1 Å². The highest BCUT2D eigenvalue weighted by Crippen LogP contribution is 2.18. The number of carbonyl (C=O) groups excluding carboxylic acids is 3. The lowest BCUT2D eigenvalue weighted by atomic mass is 10.1. The highest BCUT2D eigenvalue weighted by Gasteiger charge is 2.32. The molecule has 0 unspecified atom stereocenters. The minimum Gasteiger partial charge on any atom is -0.375 e. The van der Waals surface area contributed by atoms with E-state index in [0.29, 0.717) is 24.2 Å². The van der Waals surface area contributed by atoms with E-state index >= 15 is 0 Å². The van der Waals surface area contributed by atoms with Gasteiger partial charge in [-0.15, -0.1) is 0 Å². The van der Waals surface area contributed by atoms with Crippen LogP contribution in [0, 0.1) is 0 Å². The predicted molar refractivity (Wildman–Crippen MR) is 84.1 cm³/mol. The van der Waals surface area contributed by atoms with Crippen LogP contribution in [0.1, 0.15) is 18.4 Å². The fraction of sp³-hybridized carbons (Fsp3) is 0.333. The van der Waals surface area contributed by atoms with Crippen LogP contribution in [0.5, 0.6) is 0 Å². The molecule has 0 bridgehead atoms. The zero-order chi connectivity index (χ0) is 17.0. The van der Waals surface area contributed by atoms with Gasteiger partial charge in [-0.2, -0.15) is 0 Å². The Hall–Kier alpha value is -2.90. The minimum atomic E-state index is -0.737. The van der Waals surface area contributed by atoms with Gasteiger partial charge in [-0.3, -0.25) is 14.4 Å². The number of carbonyl (C=O) groups is 3. The number of nitrogens with two attached hydrogens (primary N) is 3. The van der Waals surface area contributed by atoms with Crippen LogP contribution in [0.4, 0.5) is 5.69 Å². The van der Waals surface area contributed by atoms with Crippen LogP contribution in [-0.4, -0.2) is 47.5 Å². The van der Waals surface area contributed by atoms with E-state index < -0.39 is 17.9 Å². The topological polar surface area (TPSA) is 144 Å². The minimum absolute atomic E-state index is 0.0349. The number of likely N-dealkylation sites (tertiary alicyclic amines) is 1. The zero-order valence-electron chi connectivity index (χ0n) is 12.6. The van der Waals surface area contributed by atoms with Crippen molar-refractivity contribution in [1.29, 1.82) is 0 Å². The van der Waals surface area contributed by atoms with E-state index in [4.69, 9.17) is 16.9 Å². The molecule has 1 atom stereocenters. The van der Waals surface area contributed by atoms with Crippen molar-refractivity contribution in [2.45, 2.75) is 18.9 Å². The summed E-state index contributed by atoms with van der Waals surface area (Å²) in [4.78, 5) is 36.3. The van der Waals surface area contributed by atoms with Crippen LogP contribution >= 0.6 is 0 Å². The molecule has 3 amide bonds. The molecule has 0 spiro atoms. The number of nitrogens with zero attached hydrogens (tertiary/aromatic N) is 1. The first-order valence-electron chi connectivity index (χ1n) is 7.26. The lowest BCUT2D eigenvalue weighted by molar-refractivity contribution is -0.135. The first-order valence-corrected chi connectivity index (χ1v) is 7.26. The predicted octanol–water partition coefficient (Wildman–Crippen LogP) is -2.39. The SMILES string of the molecule is NC(=O)C(=[NH2+])c1ccccc1NCC(=O)N1CCC[C@H]1C(N)=O. The number of nitrogens with one attached hydrogen (secondary N) is 1. The van der Waals surface area contributed by atoms with Crippen molar-refractivity contribution >= 4 is 29.1 Å². The molecule has 1 saturated heterocycles. The van der Waals surface area contributed by atoms with Gasteiger partial charge in [0.1, 0.15) is 6.04 Å². The molecule has 2 rings (SSSR count). The molecule has 8 heteroatoms. The lowest BCUT2D eigenvalue weighted by Crippen LogP contribution is -2.49. The van der Waals surface area contributed by atoms with Gasteiger partial charge in [0.15, 0.2) is 0 Å². The normalized spacial score (nSPS) is 16.9. The van der Waals surface area contributed by atoms with Crippen molar-refractivity contribution in [2.75, 3.05) is 18.4 Å². The third-order valence-electron chi connectivity index (χ3n) is 3.81. The second-order valence-electron chi connectivity index (χ2n) is 5.32. The molecule has 1 aromatic rings. The van der Waals surface area contributed by atoms with Gasteiger partial charge in [0, 0.05) is 12.2 Å². The monoisotopic (exact) mass is 318 g/mol. The Labute approximate surface area is 133 Å². The number of amides is 3. The third kappa shape index (κ3) is 3.65. The van der Waals surface area contributed by atoms with Crippen molar-refractivity contribution in [3.63, 3.8) is 0 Å². The maximum atomic E-state index is 12.3. The number of primary amides is 2. The van der Waals surface area contributed by atoms with Gasteiger partial charge in [0.25, 0.3) is 5.71 Å². The standard InChI is InChI=1S/C15H19N5O3/c16-13(15(18)23)9-4-1-2-5-10(9)19-8-12(21)20-7-3-6-11(20)14(17)22/h1-2,4-5,11,16,19H,3,6-8H2,(H2,17,22)(H2,18,23)/p+1/t11-/m0/s1. The summed E-state index contributed by atoms with van der Waals surface area (Å²) in [5, 5.41) is 8.61. The second-order valence-corrected chi connectivity index (χ2v) is 5.32. The smallest absolute Gasteiger partial charge is 0.313 e. The fourth-order valence-electron chi connectivity index (χ4n) is 2.64. The van der Waals surface area contributed by atoms with E-state index in [1.807, 2.05) is 0 Å². The van der Waals surface area contributed by atoms with Crippen LogP contribution in [-0.2, 0) is 14.4 Å². The maximum absolute atomic E-state index is 12.3. The van der Waals surface area contributed by atoms with Crippen LogP contribution in [0.15, 0.2) is 24.3 Å². The molecule has 0 aromatic heterocycles. The van der Waals surface area contributed by atoms with Crippen molar-refractivity contribution in [3.8, 4) is 0 Å². The van der Waals surface area contributed by atoms with Crippen molar-refractivity contribution in [2.24, 2.45) is 11.5 Å². The van der Waals surface area contributed by atoms with E-state index in [2.05, 4.69) is 5.32 Å². The first kappa shape index (κ1) is 16.5. The molecule has 122 valence electrons. The second kappa shape index (κ2) is 6.91. The largest absolute Gasteiger partial charge is 0.375 e. The molecule has 0 radical (unpaired) electrons. The average Bonchev–Trinajstić information content (AvgIpc) is 3.02. The summed E-state index contributed by atoms with van der Waals surface area (Å²) < 4.78 is 0. The molecule has 1 heterocycles. The zero-order valence-corrected chi connectivity index (χ0v) is 12.6. The Morgan fingerprint density at radius 3 is 2.61 bits per heavy atom. The number of hydrogen-bond acceptors (Lipinski definition) is 4. The number of para-hydroxylation sites is 1. The first-order chi connectivity index (χ1) is 10.9. The summed E-state index contributed by atoms with van der Waals surface area (Å²) >= 11 is 0. The lowest BCUT2D eigenvalue weighted by Gasteiger charge is -2.22. The van der Waals surface area contributed by atoms with E-state index in [0.717, 1.165) is 6.42 Å². The molecule has 7 N–H and O–H groups in total. The van der Waals surface area contributed by atoms with E-state index in [1.165, 1.54) is 4.90 Å². The quantitative estimate of drug-likeness (QED) is 0.434. The Bertz CT molecular complexity index is 658. The van der Waals surface area contributed by atoms with Gasteiger partial charge < -0.3 is 21.7 Å². The molecule has 1 fully saturated rings. The summed E-state index contributed by atoms with van der Waals surface area (Å²) in [6.07, 6.45) is 1.33. The molecule has 23 heavy (non-hydrogen) atoms. The summed E-state index contributed by atoms with van der Waals surface area (Å²) in [5.41, 5.74) is 11.4. The Balaban J connectivity index is 2.07. The Morgan fingerprint density at radius 2 is 1.96 bits per heavy atom. The van der Waals surface area contributed by atoms with Crippen molar-refractivity contribution in [1.82, 2.24) is 4.90 Å². The number of benzene rings is 1. The van der Waals surface area contributed by atoms with Crippen molar-refractivity contribution < 1.29 is 19.8 Å². The maximum Gasteiger partial charge on any atom is 0.313 e. The van der Waals surface area contributed by atoms with Gasteiger partial charge in [-0.25, -0.2) is 5.41 Å². The van der Waals surface area contributed by atoms with Crippen molar-refractivity contribution in [3.05, 3.63) is 29.8 Å². The molecule has 1 aliphatic rings. The molecular formula is C15H20N5O3+. The highest BCUT2D eigenvalue weighted by atomic mass is 16.2.